The number of hydrogen-bond donors (Lipinski definition) is 3. The summed E-state index contributed by atoms with van der Waals surface area (Å²) in [4.78, 5) is 23.7. The van der Waals surface area contributed by atoms with Crippen molar-refractivity contribution in [2.45, 2.75) is 51.1 Å². The second-order valence-corrected chi connectivity index (χ2v) is 8.54. The van der Waals surface area contributed by atoms with Crippen LogP contribution in [0.1, 0.15) is 49.4 Å². The van der Waals surface area contributed by atoms with Crippen molar-refractivity contribution in [3.63, 3.8) is 0 Å². The van der Waals surface area contributed by atoms with E-state index in [0.717, 1.165) is 23.9 Å². The first-order valence-electron chi connectivity index (χ1n) is 10.9. The summed E-state index contributed by atoms with van der Waals surface area (Å²) in [6.45, 7) is 3.14. The number of carbonyl (C=O) groups excluding carboxylic acids is 1. The number of para-hydroxylation sites is 1. The van der Waals surface area contributed by atoms with Crippen LogP contribution < -0.4 is 16.0 Å². The quantitative estimate of drug-likeness (QED) is 0.518. The highest BCUT2D eigenvalue weighted by Gasteiger charge is 2.33. The molecule has 1 amide bonds. The molecule has 1 aromatic heterocycles. The van der Waals surface area contributed by atoms with Crippen molar-refractivity contribution in [3.8, 4) is 0 Å². The van der Waals surface area contributed by atoms with Gasteiger partial charge in [-0.2, -0.15) is 4.99 Å². The predicted molar refractivity (Wildman–Crippen MR) is 120 cm³/mol. The number of anilines is 1. The van der Waals surface area contributed by atoms with E-state index in [1.165, 1.54) is 25.7 Å². The molecule has 7 nitrogen and oxygen atoms in total. The number of aliphatic hydroxyl groups excluding tert-OH is 1. The Bertz CT molecular complexity index is 934. The number of carbonyl (C=O) groups is 1. The Hall–Kier alpha value is -2.51. The number of benzene rings is 1. The Kier molecular flexibility index (Phi) is 6.29. The number of amidine groups is 1. The summed E-state index contributed by atoms with van der Waals surface area (Å²) >= 11 is 0. The van der Waals surface area contributed by atoms with Crippen molar-refractivity contribution < 1.29 is 9.90 Å². The molecule has 1 saturated carbocycles. The van der Waals surface area contributed by atoms with Gasteiger partial charge in [-0.1, -0.05) is 31.0 Å². The van der Waals surface area contributed by atoms with E-state index in [-0.39, 0.29) is 24.3 Å². The van der Waals surface area contributed by atoms with Gasteiger partial charge in [0.05, 0.1) is 11.1 Å². The number of nitrogens with zero attached hydrogens (tertiary/aromatic N) is 3. The topological polar surface area (TPSA) is 104 Å². The molecule has 2 heterocycles. The second kappa shape index (κ2) is 9.10. The number of nitrogens with one attached hydrogen (secondary N) is 1. The zero-order valence-electron chi connectivity index (χ0n) is 17.6. The molecule has 30 heavy (non-hydrogen) atoms. The van der Waals surface area contributed by atoms with E-state index >= 15 is 0 Å². The van der Waals surface area contributed by atoms with Crippen LogP contribution in [-0.2, 0) is 0 Å². The lowest BCUT2D eigenvalue weighted by Gasteiger charge is -2.40. The van der Waals surface area contributed by atoms with E-state index in [2.05, 4.69) is 15.2 Å². The largest absolute Gasteiger partial charge is 0.396 e. The molecule has 2 aliphatic rings. The van der Waals surface area contributed by atoms with Crippen LogP contribution in [-0.4, -0.2) is 53.6 Å². The van der Waals surface area contributed by atoms with Crippen molar-refractivity contribution in [2.75, 3.05) is 24.6 Å². The van der Waals surface area contributed by atoms with Crippen LogP contribution >= 0.6 is 0 Å². The minimum Gasteiger partial charge on any atom is -0.396 e. The number of aromatic nitrogens is 1. The van der Waals surface area contributed by atoms with Gasteiger partial charge < -0.3 is 21.1 Å². The molecule has 1 saturated heterocycles. The van der Waals surface area contributed by atoms with Gasteiger partial charge in [-0.05, 0) is 38.3 Å². The summed E-state index contributed by atoms with van der Waals surface area (Å²) < 4.78 is 0. The third-order valence-corrected chi connectivity index (χ3v) is 6.29. The third kappa shape index (κ3) is 4.47. The number of hydrogen-bond acceptors (Lipinski definition) is 5. The Morgan fingerprint density at radius 2 is 2.07 bits per heavy atom. The van der Waals surface area contributed by atoms with Crippen LogP contribution in [0.4, 0.5) is 5.82 Å². The van der Waals surface area contributed by atoms with Crippen molar-refractivity contribution in [1.29, 1.82) is 0 Å². The van der Waals surface area contributed by atoms with E-state index in [9.17, 15) is 9.90 Å². The summed E-state index contributed by atoms with van der Waals surface area (Å²) in [7, 11) is 0. The van der Waals surface area contributed by atoms with E-state index < -0.39 is 0 Å². The summed E-state index contributed by atoms with van der Waals surface area (Å²) in [6.07, 6.45) is 5.92. The van der Waals surface area contributed by atoms with Gasteiger partial charge >= 0.3 is 0 Å². The molecule has 2 aromatic rings. The first kappa shape index (κ1) is 20.8. The van der Waals surface area contributed by atoms with Crippen LogP contribution in [0, 0.1) is 5.92 Å². The van der Waals surface area contributed by atoms with Gasteiger partial charge in [0, 0.05) is 43.1 Å². The minimum absolute atomic E-state index is 0.0929. The molecule has 4 rings (SSSR count). The zero-order valence-corrected chi connectivity index (χ0v) is 17.6. The third-order valence-electron chi connectivity index (χ3n) is 6.29. The SMILES string of the molecule is CC(N)=NC(=O)c1cc2ccccc2nc1N1CCC(NC2CCCC2)C(CO)C1. The lowest BCUT2D eigenvalue weighted by atomic mass is 9.91. The number of pyridine rings is 1. The van der Waals surface area contributed by atoms with Crippen LogP contribution in [0.25, 0.3) is 10.9 Å². The molecule has 2 atom stereocenters. The maximum absolute atomic E-state index is 12.8. The maximum Gasteiger partial charge on any atom is 0.282 e. The molecule has 4 N–H and O–H groups in total. The van der Waals surface area contributed by atoms with Crippen molar-refractivity contribution >= 4 is 28.5 Å². The summed E-state index contributed by atoms with van der Waals surface area (Å²) in [6, 6.07) is 10.5. The molecule has 0 bridgehead atoms. The average Bonchev–Trinajstić information content (AvgIpc) is 3.25. The fraction of sp³-hybridized carbons (Fsp3) is 0.522. The smallest absolute Gasteiger partial charge is 0.282 e. The lowest BCUT2D eigenvalue weighted by Crippen LogP contribution is -2.53. The van der Waals surface area contributed by atoms with E-state index in [1.807, 2.05) is 30.3 Å². The van der Waals surface area contributed by atoms with E-state index in [1.54, 1.807) is 6.92 Å². The highest BCUT2D eigenvalue weighted by Crippen LogP contribution is 2.30. The number of rotatable bonds is 5. The van der Waals surface area contributed by atoms with Crippen molar-refractivity contribution in [1.82, 2.24) is 10.3 Å². The van der Waals surface area contributed by atoms with Crippen LogP contribution in [0.2, 0.25) is 0 Å². The average molecular weight is 410 g/mol. The monoisotopic (exact) mass is 409 g/mol. The number of nitrogens with two attached hydrogens (primary N) is 1. The highest BCUT2D eigenvalue weighted by atomic mass is 16.3. The van der Waals surface area contributed by atoms with Crippen LogP contribution in [0.15, 0.2) is 35.3 Å². The van der Waals surface area contributed by atoms with E-state index in [0.29, 0.717) is 30.0 Å². The van der Waals surface area contributed by atoms with Gasteiger partial charge in [0.2, 0.25) is 0 Å². The molecular formula is C23H31N5O2. The maximum atomic E-state index is 12.8. The predicted octanol–water partition coefficient (Wildman–Crippen LogP) is 2.47. The van der Waals surface area contributed by atoms with Gasteiger partial charge in [0.1, 0.15) is 11.7 Å². The molecule has 2 fully saturated rings. The number of aliphatic imine (C=N–C) groups is 1. The van der Waals surface area contributed by atoms with Gasteiger partial charge in [-0.15, -0.1) is 0 Å². The Balaban J connectivity index is 1.62. The summed E-state index contributed by atoms with van der Waals surface area (Å²) in [5, 5.41) is 14.7. The molecule has 0 spiro atoms. The van der Waals surface area contributed by atoms with Gasteiger partial charge in [-0.3, -0.25) is 4.79 Å². The Morgan fingerprint density at radius 1 is 1.30 bits per heavy atom. The number of piperidine rings is 1. The fourth-order valence-electron chi connectivity index (χ4n) is 4.75. The normalized spacial score (nSPS) is 23.3. The minimum atomic E-state index is -0.380. The standard InChI is InChI=1S/C23H31N5O2/c1-15(24)25-23(30)19-12-16-6-2-5-9-20(16)27-22(19)28-11-10-21(17(13-28)14-29)26-18-7-3-4-8-18/h2,5-6,9,12,17-18,21,26,29H,3-4,7-8,10-11,13-14H2,1H3,(H2,24,25,30). The van der Waals surface area contributed by atoms with Crippen molar-refractivity contribution in [2.24, 2.45) is 16.6 Å². The second-order valence-electron chi connectivity index (χ2n) is 8.54. The summed E-state index contributed by atoms with van der Waals surface area (Å²) in [5.74, 6) is 0.568. The van der Waals surface area contributed by atoms with Crippen LogP contribution in [0.5, 0.6) is 0 Å². The molecular weight excluding hydrogens is 378 g/mol. The van der Waals surface area contributed by atoms with Gasteiger partial charge in [0.25, 0.3) is 5.91 Å². The number of aliphatic hydroxyl groups is 1. The summed E-state index contributed by atoms with van der Waals surface area (Å²) in [5.41, 5.74) is 6.96. The number of fused-ring (bicyclic) bond motifs is 1. The first-order valence-corrected chi connectivity index (χ1v) is 10.9. The first-order chi connectivity index (χ1) is 14.5. The molecule has 1 aliphatic heterocycles. The lowest BCUT2D eigenvalue weighted by molar-refractivity contribution is 0.100. The van der Waals surface area contributed by atoms with E-state index in [4.69, 9.17) is 10.7 Å². The molecule has 2 unspecified atom stereocenters. The fourth-order valence-corrected chi connectivity index (χ4v) is 4.75. The Morgan fingerprint density at radius 3 is 2.80 bits per heavy atom. The Labute approximate surface area is 177 Å². The molecule has 1 aliphatic carbocycles. The van der Waals surface area contributed by atoms with Gasteiger partial charge in [0.15, 0.2) is 0 Å². The number of amides is 1. The molecule has 1 aromatic carbocycles. The van der Waals surface area contributed by atoms with Crippen LogP contribution in [0.3, 0.4) is 0 Å². The van der Waals surface area contributed by atoms with Crippen molar-refractivity contribution in [3.05, 3.63) is 35.9 Å². The molecule has 0 radical (unpaired) electrons. The van der Waals surface area contributed by atoms with Gasteiger partial charge in [-0.25, -0.2) is 4.98 Å². The molecule has 7 heteroatoms. The molecule has 160 valence electrons. The highest BCUT2D eigenvalue weighted by molar-refractivity contribution is 6.07. The zero-order chi connectivity index (χ0) is 21.1.